The molecule has 1 N–H and O–H groups in total. The van der Waals surface area contributed by atoms with Crippen LogP contribution in [0.15, 0.2) is 0 Å². The smallest absolute Gasteiger partial charge is 0.357 e. The van der Waals surface area contributed by atoms with Crippen LogP contribution in [0.25, 0.3) is 0 Å². The van der Waals surface area contributed by atoms with Crippen molar-refractivity contribution in [1.82, 2.24) is 9.78 Å². The third kappa shape index (κ3) is 1.42. The first kappa shape index (κ1) is 8.90. The van der Waals surface area contributed by atoms with Crippen molar-refractivity contribution < 1.29 is 9.90 Å². The highest BCUT2D eigenvalue weighted by atomic mass is 35.5. The van der Waals surface area contributed by atoms with E-state index < -0.39 is 5.97 Å². The topological polar surface area (TPSA) is 55.1 Å². The quantitative estimate of drug-likeness (QED) is 0.776. The van der Waals surface area contributed by atoms with Crippen LogP contribution in [0.1, 0.15) is 16.2 Å². The van der Waals surface area contributed by atoms with E-state index in [1.54, 1.807) is 16.4 Å². The fourth-order valence-electron chi connectivity index (χ4n) is 1.25. The minimum Gasteiger partial charge on any atom is -0.476 e. The van der Waals surface area contributed by atoms with E-state index in [0.717, 1.165) is 23.7 Å². The highest BCUT2D eigenvalue weighted by molar-refractivity contribution is 7.98. The number of nitrogens with zero attached hydrogens (tertiary/aromatic N) is 2. The summed E-state index contributed by atoms with van der Waals surface area (Å²) in [5.41, 5.74) is 0.800. The van der Waals surface area contributed by atoms with E-state index in [1.807, 2.05) is 0 Å². The van der Waals surface area contributed by atoms with E-state index in [4.69, 9.17) is 16.7 Å². The van der Waals surface area contributed by atoms with Crippen molar-refractivity contribution in [2.45, 2.75) is 12.3 Å². The molecule has 13 heavy (non-hydrogen) atoms. The Balaban J connectivity index is 2.50. The predicted molar refractivity (Wildman–Crippen MR) is 50.4 cm³/mol. The molecule has 70 valence electrons. The second kappa shape index (κ2) is 3.23. The van der Waals surface area contributed by atoms with E-state index in [-0.39, 0.29) is 5.69 Å². The van der Waals surface area contributed by atoms with Gasteiger partial charge in [-0.15, -0.1) is 0 Å². The Labute approximate surface area is 83.9 Å². The lowest BCUT2D eigenvalue weighted by molar-refractivity contribution is 0.0689. The predicted octanol–water partition coefficient (Wildman–Crippen LogP) is 1.48. The number of halogens is 1. The van der Waals surface area contributed by atoms with E-state index in [0.29, 0.717) is 5.02 Å². The SMILES string of the molecule is O=C(O)c1nn2c(c1Cl)CSCC2. The normalized spacial score (nSPS) is 15.5. The summed E-state index contributed by atoms with van der Waals surface area (Å²) in [4.78, 5) is 10.7. The number of carboxylic acids is 1. The summed E-state index contributed by atoms with van der Waals surface area (Å²) in [6, 6.07) is 0. The summed E-state index contributed by atoms with van der Waals surface area (Å²) < 4.78 is 1.68. The molecular formula is C7H7ClN2O2S. The van der Waals surface area contributed by atoms with Crippen molar-refractivity contribution in [3.63, 3.8) is 0 Å². The zero-order chi connectivity index (χ0) is 9.42. The van der Waals surface area contributed by atoms with Crippen LogP contribution in [0.4, 0.5) is 0 Å². The minimum atomic E-state index is -1.06. The Morgan fingerprint density at radius 1 is 1.69 bits per heavy atom. The number of carboxylic acid groups (broad SMARTS) is 1. The third-order valence-corrected chi connectivity index (χ3v) is 3.23. The van der Waals surface area contributed by atoms with Crippen LogP contribution in [0, 0.1) is 0 Å². The van der Waals surface area contributed by atoms with Gasteiger partial charge in [0.15, 0.2) is 5.69 Å². The summed E-state index contributed by atoms with van der Waals surface area (Å²) in [7, 11) is 0. The molecule has 1 aliphatic heterocycles. The second-order valence-corrected chi connectivity index (χ2v) is 4.17. The van der Waals surface area contributed by atoms with Crippen molar-refractivity contribution in [3.05, 3.63) is 16.4 Å². The van der Waals surface area contributed by atoms with Gasteiger partial charge in [0, 0.05) is 11.5 Å². The zero-order valence-electron chi connectivity index (χ0n) is 6.66. The molecule has 1 aliphatic rings. The van der Waals surface area contributed by atoms with Gasteiger partial charge >= 0.3 is 5.97 Å². The van der Waals surface area contributed by atoms with Gasteiger partial charge in [0.05, 0.1) is 17.3 Å². The molecular weight excluding hydrogens is 212 g/mol. The largest absolute Gasteiger partial charge is 0.476 e. The van der Waals surface area contributed by atoms with Crippen molar-refractivity contribution >= 4 is 29.3 Å². The van der Waals surface area contributed by atoms with Gasteiger partial charge in [-0.3, -0.25) is 4.68 Å². The summed E-state index contributed by atoms with van der Waals surface area (Å²) in [6.07, 6.45) is 0. The van der Waals surface area contributed by atoms with Gasteiger partial charge in [0.1, 0.15) is 0 Å². The van der Waals surface area contributed by atoms with Crippen LogP contribution in [0.2, 0.25) is 5.02 Å². The monoisotopic (exact) mass is 218 g/mol. The number of aryl methyl sites for hydroxylation is 1. The molecule has 1 aromatic rings. The van der Waals surface area contributed by atoms with Gasteiger partial charge in [-0.25, -0.2) is 4.79 Å². The van der Waals surface area contributed by atoms with E-state index in [9.17, 15) is 4.79 Å². The number of thioether (sulfide) groups is 1. The van der Waals surface area contributed by atoms with E-state index in [1.165, 1.54) is 0 Å². The highest BCUT2D eigenvalue weighted by Crippen LogP contribution is 2.28. The molecule has 0 atom stereocenters. The zero-order valence-corrected chi connectivity index (χ0v) is 8.23. The average molecular weight is 219 g/mol. The summed E-state index contributed by atoms with van der Waals surface area (Å²) in [6.45, 7) is 0.743. The molecule has 6 heteroatoms. The van der Waals surface area contributed by atoms with Crippen LogP contribution < -0.4 is 0 Å². The number of aromatic nitrogens is 2. The molecule has 1 aromatic heterocycles. The maximum absolute atomic E-state index is 10.7. The maximum atomic E-state index is 10.7. The fourth-order valence-corrected chi connectivity index (χ4v) is 2.55. The second-order valence-electron chi connectivity index (χ2n) is 2.69. The molecule has 0 aliphatic carbocycles. The van der Waals surface area contributed by atoms with Crippen LogP contribution in [-0.4, -0.2) is 26.6 Å². The Kier molecular flexibility index (Phi) is 2.21. The molecule has 0 fully saturated rings. The molecule has 4 nitrogen and oxygen atoms in total. The lowest BCUT2D eigenvalue weighted by Crippen LogP contribution is -2.11. The first-order valence-electron chi connectivity index (χ1n) is 3.76. The third-order valence-electron chi connectivity index (χ3n) is 1.88. The minimum absolute atomic E-state index is 0.0285. The fraction of sp³-hybridized carbons (Fsp3) is 0.429. The van der Waals surface area contributed by atoms with Crippen LogP contribution in [-0.2, 0) is 12.3 Å². The molecule has 0 bridgehead atoms. The molecule has 2 heterocycles. The number of rotatable bonds is 1. The Bertz CT molecular complexity index is 364. The molecule has 0 saturated carbocycles. The molecule has 0 aromatic carbocycles. The van der Waals surface area contributed by atoms with Gasteiger partial charge in [0.2, 0.25) is 0 Å². The van der Waals surface area contributed by atoms with Gasteiger partial charge in [-0.2, -0.15) is 16.9 Å². The van der Waals surface area contributed by atoms with Crippen LogP contribution >= 0.6 is 23.4 Å². The molecule has 0 amide bonds. The molecule has 0 unspecified atom stereocenters. The number of aromatic carboxylic acids is 1. The Morgan fingerprint density at radius 2 is 2.46 bits per heavy atom. The van der Waals surface area contributed by atoms with Gasteiger partial charge in [-0.05, 0) is 0 Å². The van der Waals surface area contributed by atoms with E-state index in [2.05, 4.69) is 5.10 Å². The van der Waals surface area contributed by atoms with Gasteiger partial charge < -0.3 is 5.11 Å². The Morgan fingerprint density at radius 3 is 3.08 bits per heavy atom. The number of fused-ring (bicyclic) bond motifs is 1. The summed E-state index contributed by atoms with van der Waals surface area (Å²) in [5, 5.41) is 13.0. The van der Waals surface area contributed by atoms with Gasteiger partial charge in [-0.1, -0.05) is 11.6 Å². The summed E-state index contributed by atoms with van der Waals surface area (Å²) in [5.74, 6) is 0.653. The first-order chi connectivity index (χ1) is 6.20. The summed E-state index contributed by atoms with van der Waals surface area (Å²) >= 11 is 7.60. The van der Waals surface area contributed by atoms with Crippen molar-refractivity contribution in [1.29, 1.82) is 0 Å². The Hall–Kier alpha value is -0.680. The van der Waals surface area contributed by atoms with Crippen LogP contribution in [0.3, 0.4) is 0 Å². The average Bonchev–Trinajstić information content (AvgIpc) is 2.45. The van der Waals surface area contributed by atoms with Crippen molar-refractivity contribution in [2.24, 2.45) is 0 Å². The molecule has 2 rings (SSSR count). The molecule has 0 radical (unpaired) electrons. The molecule has 0 saturated heterocycles. The number of carbonyl (C=O) groups is 1. The van der Waals surface area contributed by atoms with Gasteiger partial charge in [0.25, 0.3) is 0 Å². The van der Waals surface area contributed by atoms with Crippen LogP contribution in [0.5, 0.6) is 0 Å². The lowest BCUT2D eigenvalue weighted by atomic mass is 10.3. The van der Waals surface area contributed by atoms with Crippen molar-refractivity contribution in [2.75, 3.05) is 5.75 Å². The molecule has 0 spiro atoms. The highest BCUT2D eigenvalue weighted by Gasteiger charge is 2.22. The number of hydrogen-bond acceptors (Lipinski definition) is 3. The van der Waals surface area contributed by atoms with E-state index >= 15 is 0 Å². The number of hydrogen-bond donors (Lipinski definition) is 1. The van der Waals surface area contributed by atoms with Crippen molar-refractivity contribution in [3.8, 4) is 0 Å². The maximum Gasteiger partial charge on any atom is 0.357 e. The first-order valence-corrected chi connectivity index (χ1v) is 5.29. The standard InChI is InChI=1S/C7H7ClN2O2S/c8-5-4-3-13-2-1-10(4)9-6(5)7(11)12/h1-3H2,(H,11,12). The lowest BCUT2D eigenvalue weighted by Gasteiger charge is -2.12.